The Hall–Kier alpha value is -2.04. The number of nitrogens with zero attached hydrogens (tertiary/aromatic N) is 2. The van der Waals surface area contributed by atoms with E-state index in [1.807, 2.05) is 12.1 Å². The van der Waals surface area contributed by atoms with Gasteiger partial charge in [0.1, 0.15) is 0 Å². The molecule has 1 saturated heterocycles. The minimum Gasteiger partial charge on any atom is -0.371 e. The third kappa shape index (κ3) is 3.51. The van der Waals surface area contributed by atoms with Crippen molar-refractivity contribution in [2.45, 2.75) is 25.7 Å². The third-order valence-electron chi connectivity index (χ3n) is 4.88. The van der Waals surface area contributed by atoms with Crippen molar-refractivity contribution in [3.8, 4) is 5.69 Å². The molecule has 4 nitrogen and oxygen atoms in total. The Morgan fingerprint density at radius 3 is 2.52 bits per heavy atom. The maximum atomic E-state index is 12.5. The first-order chi connectivity index (χ1) is 12.2. The van der Waals surface area contributed by atoms with Crippen molar-refractivity contribution >= 4 is 22.6 Å². The zero-order valence-electron chi connectivity index (χ0n) is 14.1. The predicted octanol–water partition coefficient (Wildman–Crippen LogP) is 4.27. The second-order valence-corrected chi connectivity index (χ2v) is 7.09. The van der Waals surface area contributed by atoms with Crippen molar-refractivity contribution in [2.75, 3.05) is 19.6 Å². The number of likely N-dealkylation sites (tertiary alicyclic amines) is 1. The lowest BCUT2D eigenvalue weighted by atomic mass is 10.1. The molecule has 3 aromatic rings. The van der Waals surface area contributed by atoms with Crippen LogP contribution in [0.15, 0.2) is 51.8 Å². The van der Waals surface area contributed by atoms with Gasteiger partial charge in [0.2, 0.25) is 0 Å². The second kappa shape index (κ2) is 7.06. The molecule has 0 amide bonds. The molecule has 1 aliphatic heterocycles. The predicted molar refractivity (Wildman–Crippen MR) is 101 cm³/mol. The van der Waals surface area contributed by atoms with E-state index in [-0.39, 0.29) is 5.56 Å². The lowest BCUT2D eigenvalue weighted by Gasteiger charge is -2.26. The summed E-state index contributed by atoms with van der Waals surface area (Å²) in [4.78, 5) is 15.0. The van der Waals surface area contributed by atoms with Crippen LogP contribution in [-0.2, 0) is 6.42 Å². The Morgan fingerprint density at radius 2 is 1.76 bits per heavy atom. The van der Waals surface area contributed by atoms with E-state index >= 15 is 0 Å². The summed E-state index contributed by atoms with van der Waals surface area (Å²) < 4.78 is 7.00. The number of hydrogen-bond donors (Lipinski definition) is 0. The summed E-state index contributed by atoms with van der Waals surface area (Å²) in [7, 11) is 0. The molecule has 5 heteroatoms. The van der Waals surface area contributed by atoms with E-state index in [1.54, 1.807) is 18.2 Å². The van der Waals surface area contributed by atoms with Gasteiger partial charge in [-0.25, -0.2) is 0 Å². The topological polar surface area (TPSA) is 38.4 Å². The molecule has 2 aromatic carbocycles. The standard InChI is InChI=1S/C20H21ClN2O2/c21-16-6-9-19-18(14-16)20(24)23(25-19)17-7-4-15(5-8-17)10-13-22-11-2-1-3-12-22/h4-9,14H,1-3,10-13H2. The van der Waals surface area contributed by atoms with E-state index in [1.165, 1.54) is 42.7 Å². The Bertz CT molecular complexity index is 921. The van der Waals surface area contributed by atoms with Gasteiger partial charge >= 0.3 is 0 Å². The molecule has 0 radical (unpaired) electrons. The van der Waals surface area contributed by atoms with Gasteiger partial charge in [0, 0.05) is 11.6 Å². The molecule has 0 N–H and O–H groups in total. The molecular weight excluding hydrogens is 336 g/mol. The van der Waals surface area contributed by atoms with Crippen LogP contribution in [0, 0.1) is 0 Å². The van der Waals surface area contributed by atoms with E-state index in [0.29, 0.717) is 16.0 Å². The molecule has 0 aliphatic carbocycles. The average molecular weight is 357 g/mol. The maximum Gasteiger partial charge on any atom is 0.295 e. The zero-order valence-corrected chi connectivity index (χ0v) is 14.8. The third-order valence-corrected chi connectivity index (χ3v) is 5.12. The quantitative estimate of drug-likeness (QED) is 0.700. The van der Waals surface area contributed by atoms with Crippen molar-refractivity contribution in [3.05, 3.63) is 63.4 Å². The van der Waals surface area contributed by atoms with Crippen LogP contribution in [0.1, 0.15) is 24.8 Å². The van der Waals surface area contributed by atoms with Crippen LogP contribution in [0.25, 0.3) is 16.7 Å². The fraction of sp³-hybridized carbons (Fsp3) is 0.350. The highest BCUT2D eigenvalue weighted by Gasteiger charge is 2.12. The number of aromatic nitrogens is 1. The van der Waals surface area contributed by atoms with E-state index in [4.69, 9.17) is 16.1 Å². The van der Waals surface area contributed by atoms with Crippen LogP contribution in [-0.4, -0.2) is 29.3 Å². The van der Waals surface area contributed by atoms with Crippen molar-refractivity contribution in [2.24, 2.45) is 0 Å². The molecule has 0 saturated carbocycles. The van der Waals surface area contributed by atoms with Gasteiger partial charge < -0.3 is 9.42 Å². The van der Waals surface area contributed by atoms with Crippen LogP contribution in [0.5, 0.6) is 0 Å². The summed E-state index contributed by atoms with van der Waals surface area (Å²) in [6.07, 6.45) is 5.03. The van der Waals surface area contributed by atoms with Gasteiger partial charge in [-0.15, -0.1) is 4.74 Å². The van der Waals surface area contributed by atoms with Gasteiger partial charge in [0.05, 0.1) is 11.1 Å². The number of halogens is 1. The molecule has 0 bridgehead atoms. The van der Waals surface area contributed by atoms with Gasteiger partial charge in [-0.2, -0.15) is 0 Å². The molecule has 1 aromatic heterocycles. The zero-order chi connectivity index (χ0) is 17.2. The average Bonchev–Trinajstić information content (AvgIpc) is 2.98. The van der Waals surface area contributed by atoms with Gasteiger partial charge in [-0.1, -0.05) is 30.2 Å². The summed E-state index contributed by atoms with van der Waals surface area (Å²) in [5.41, 5.74) is 2.38. The van der Waals surface area contributed by atoms with Gasteiger partial charge in [0.25, 0.3) is 5.56 Å². The van der Waals surface area contributed by atoms with Crippen molar-refractivity contribution in [1.82, 2.24) is 9.64 Å². The molecule has 4 rings (SSSR count). The van der Waals surface area contributed by atoms with Crippen molar-refractivity contribution < 1.29 is 4.52 Å². The van der Waals surface area contributed by atoms with Gasteiger partial charge in [-0.3, -0.25) is 4.79 Å². The number of benzene rings is 2. The SMILES string of the molecule is O=c1c2cc(Cl)ccc2on1-c1ccc(CCN2CCCCC2)cc1. The lowest BCUT2D eigenvalue weighted by molar-refractivity contribution is 0.231. The highest BCUT2D eigenvalue weighted by Crippen LogP contribution is 2.19. The van der Waals surface area contributed by atoms with E-state index in [9.17, 15) is 4.79 Å². The maximum absolute atomic E-state index is 12.5. The summed E-state index contributed by atoms with van der Waals surface area (Å²) >= 11 is 5.97. The monoisotopic (exact) mass is 356 g/mol. The molecule has 0 unspecified atom stereocenters. The smallest absolute Gasteiger partial charge is 0.295 e. The fourth-order valence-corrected chi connectivity index (χ4v) is 3.61. The van der Waals surface area contributed by atoms with E-state index in [0.717, 1.165) is 18.7 Å². The van der Waals surface area contributed by atoms with Crippen LogP contribution < -0.4 is 5.56 Å². The van der Waals surface area contributed by atoms with Crippen LogP contribution in [0.3, 0.4) is 0 Å². The summed E-state index contributed by atoms with van der Waals surface area (Å²) in [5.74, 6) is 0. The van der Waals surface area contributed by atoms with Gasteiger partial charge in [0.15, 0.2) is 5.58 Å². The van der Waals surface area contributed by atoms with Crippen molar-refractivity contribution in [1.29, 1.82) is 0 Å². The first-order valence-electron chi connectivity index (χ1n) is 8.84. The number of rotatable bonds is 4. The van der Waals surface area contributed by atoms with Crippen LogP contribution in [0.4, 0.5) is 0 Å². The minimum atomic E-state index is -0.182. The highest BCUT2D eigenvalue weighted by molar-refractivity contribution is 6.31. The van der Waals surface area contributed by atoms with Crippen LogP contribution in [0.2, 0.25) is 5.02 Å². The molecule has 1 fully saturated rings. The summed E-state index contributed by atoms with van der Waals surface area (Å²) in [6.45, 7) is 3.53. The van der Waals surface area contributed by atoms with E-state index in [2.05, 4.69) is 17.0 Å². The Morgan fingerprint density at radius 1 is 1.00 bits per heavy atom. The molecule has 2 heterocycles. The number of hydrogen-bond acceptors (Lipinski definition) is 3. The summed E-state index contributed by atoms with van der Waals surface area (Å²) in [6, 6.07) is 13.1. The van der Waals surface area contributed by atoms with Crippen molar-refractivity contribution in [3.63, 3.8) is 0 Å². The molecular formula is C20H21ClN2O2. The fourth-order valence-electron chi connectivity index (χ4n) is 3.44. The van der Waals surface area contributed by atoms with Crippen LogP contribution >= 0.6 is 11.6 Å². The largest absolute Gasteiger partial charge is 0.371 e. The molecule has 25 heavy (non-hydrogen) atoms. The first kappa shape index (κ1) is 16.4. The number of piperidine rings is 1. The lowest BCUT2D eigenvalue weighted by Crippen LogP contribution is -2.31. The molecule has 130 valence electrons. The second-order valence-electron chi connectivity index (χ2n) is 6.65. The normalized spacial score (nSPS) is 15.7. The summed E-state index contributed by atoms with van der Waals surface area (Å²) in [5, 5.41) is 1.03. The Balaban J connectivity index is 1.52. The number of fused-ring (bicyclic) bond motifs is 1. The minimum absolute atomic E-state index is 0.182. The Kier molecular flexibility index (Phi) is 4.64. The molecule has 0 spiro atoms. The van der Waals surface area contributed by atoms with E-state index < -0.39 is 0 Å². The Labute approximate surface area is 151 Å². The first-order valence-corrected chi connectivity index (χ1v) is 9.22. The highest BCUT2D eigenvalue weighted by atomic mass is 35.5. The molecule has 0 atom stereocenters. The van der Waals surface area contributed by atoms with Gasteiger partial charge in [-0.05, 0) is 68.2 Å². The molecule has 1 aliphatic rings.